The Morgan fingerprint density at radius 2 is 2.00 bits per heavy atom. The molecule has 0 aliphatic heterocycles. The first kappa shape index (κ1) is 16.7. The first-order valence-electron chi connectivity index (χ1n) is 7.76. The molecule has 1 N–H and O–H groups in total. The lowest BCUT2D eigenvalue weighted by atomic mass is 10.2. The van der Waals surface area contributed by atoms with Crippen molar-refractivity contribution in [2.24, 2.45) is 0 Å². The maximum absolute atomic E-state index is 14.7. The number of thioether (sulfide) groups is 1. The molecule has 0 fully saturated rings. The standard InChI is InChI=1S/C18H13FN4OS2/c19-15(16(24)22-18-20-9-11-25-18)26-17-14(12-6-2-1-3-7-12)21-13-8-4-5-10-23(13)17/h1-11,15H,(H,20,22,24)/t15-/m1/s1. The number of pyridine rings is 1. The van der Waals surface area contributed by atoms with Crippen molar-refractivity contribution in [3.05, 3.63) is 66.3 Å². The van der Waals surface area contributed by atoms with E-state index >= 15 is 0 Å². The van der Waals surface area contributed by atoms with Crippen molar-refractivity contribution >= 4 is 39.8 Å². The maximum atomic E-state index is 14.7. The quantitative estimate of drug-likeness (QED) is 0.515. The van der Waals surface area contributed by atoms with Gasteiger partial charge in [0.05, 0.1) is 0 Å². The van der Waals surface area contributed by atoms with Crippen molar-refractivity contribution in [3.8, 4) is 11.3 Å². The van der Waals surface area contributed by atoms with Crippen molar-refractivity contribution in [3.63, 3.8) is 0 Å². The van der Waals surface area contributed by atoms with E-state index in [0.29, 0.717) is 21.5 Å². The highest BCUT2D eigenvalue weighted by Crippen LogP contribution is 2.35. The van der Waals surface area contributed by atoms with E-state index in [0.717, 1.165) is 17.3 Å². The first-order chi connectivity index (χ1) is 12.7. The van der Waals surface area contributed by atoms with Crippen LogP contribution in [0.2, 0.25) is 0 Å². The number of carbonyl (C=O) groups is 1. The molecular weight excluding hydrogens is 371 g/mol. The number of hydrogen-bond acceptors (Lipinski definition) is 5. The molecule has 4 aromatic rings. The monoisotopic (exact) mass is 384 g/mol. The van der Waals surface area contributed by atoms with Crippen molar-refractivity contribution in [1.82, 2.24) is 14.4 Å². The number of carbonyl (C=O) groups excluding carboxylic acids is 1. The van der Waals surface area contributed by atoms with E-state index in [1.165, 1.54) is 11.3 Å². The Labute approximate surface area is 156 Å². The predicted molar refractivity (Wildman–Crippen MR) is 102 cm³/mol. The van der Waals surface area contributed by atoms with Gasteiger partial charge in [-0.2, -0.15) is 0 Å². The number of imidazole rings is 1. The fourth-order valence-corrected chi connectivity index (χ4v) is 3.91. The highest BCUT2D eigenvalue weighted by Gasteiger charge is 2.24. The molecule has 1 aromatic carbocycles. The first-order valence-corrected chi connectivity index (χ1v) is 9.52. The molecule has 1 amide bonds. The van der Waals surface area contributed by atoms with E-state index in [1.54, 1.807) is 16.0 Å². The summed E-state index contributed by atoms with van der Waals surface area (Å²) in [6.45, 7) is 0. The van der Waals surface area contributed by atoms with Gasteiger partial charge in [0.1, 0.15) is 16.4 Å². The summed E-state index contributed by atoms with van der Waals surface area (Å²) in [5.41, 5.74) is 0.417. The van der Waals surface area contributed by atoms with Crippen LogP contribution in [0.25, 0.3) is 16.9 Å². The van der Waals surface area contributed by atoms with E-state index in [-0.39, 0.29) is 0 Å². The molecule has 0 aliphatic rings. The summed E-state index contributed by atoms with van der Waals surface area (Å²) in [5.74, 6) is -0.741. The molecule has 26 heavy (non-hydrogen) atoms. The summed E-state index contributed by atoms with van der Waals surface area (Å²) in [7, 11) is 0. The number of hydrogen-bond donors (Lipinski definition) is 1. The Bertz CT molecular complexity index is 1030. The van der Waals surface area contributed by atoms with Gasteiger partial charge in [-0.1, -0.05) is 48.2 Å². The molecule has 4 rings (SSSR count). The molecular formula is C18H13FN4OS2. The van der Waals surface area contributed by atoms with Crippen molar-refractivity contribution in [2.75, 3.05) is 5.32 Å². The molecule has 0 spiro atoms. The second-order valence-corrected chi connectivity index (χ2v) is 7.25. The zero-order valence-electron chi connectivity index (χ0n) is 13.4. The lowest BCUT2D eigenvalue weighted by Crippen LogP contribution is -2.21. The summed E-state index contributed by atoms with van der Waals surface area (Å²) in [6, 6.07) is 15.1. The van der Waals surface area contributed by atoms with Crippen LogP contribution in [0.15, 0.2) is 71.3 Å². The minimum absolute atomic E-state index is 0.375. The Morgan fingerprint density at radius 1 is 1.19 bits per heavy atom. The summed E-state index contributed by atoms with van der Waals surface area (Å²) in [6.07, 6.45) is 3.36. The fourth-order valence-electron chi connectivity index (χ4n) is 2.47. The summed E-state index contributed by atoms with van der Waals surface area (Å²) in [5, 5.41) is 5.15. The van der Waals surface area contributed by atoms with E-state index < -0.39 is 11.4 Å². The van der Waals surface area contributed by atoms with E-state index in [1.807, 2.05) is 54.7 Å². The van der Waals surface area contributed by atoms with E-state index in [2.05, 4.69) is 15.3 Å². The van der Waals surface area contributed by atoms with Gasteiger partial charge in [0.2, 0.25) is 5.50 Å². The number of fused-ring (bicyclic) bond motifs is 1. The molecule has 5 nitrogen and oxygen atoms in total. The highest BCUT2D eigenvalue weighted by molar-refractivity contribution is 8.00. The van der Waals surface area contributed by atoms with Crippen LogP contribution in [0.3, 0.4) is 0 Å². The molecule has 3 aromatic heterocycles. The van der Waals surface area contributed by atoms with Gasteiger partial charge < -0.3 is 0 Å². The molecule has 8 heteroatoms. The van der Waals surface area contributed by atoms with Crippen molar-refractivity contribution < 1.29 is 9.18 Å². The third kappa shape index (κ3) is 3.33. The van der Waals surface area contributed by atoms with Crippen molar-refractivity contribution in [1.29, 1.82) is 0 Å². The summed E-state index contributed by atoms with van der Waals surface area (Å²) in [4.78, 5) is 20.7. The number of benzene rings is 1. The molecule has 0 unspecified atom stereocenters. The molecule has 0 saturated heterocycles. The minimum Gasteiger partial charge on any atom is -0.299 e. The van der Waals surface area contributed by atoms with Crippen LogP contribution in [0, 0.1) is 0 Å². The number of halogens is 1. The van der Waals surface area contributed by atoms with Gasteiger partial charge in [0, 0.05) is 23.3 Å². The molecule has 0 aliphatic carbocycles. The number of alkyl halides is 1. The largest absolute Gasteiger partial charge is 0.299 e. The van der Waals surface area contributed by atoms with Crippen LogP contribution in [-0.4, -0.2) is 25.8 Å². The van der Waals surface area contributed by atoms with Crippen LogP contribution in [0.1, 0.15) is 0 Å². The van der Waals surface area contributed by atoms with Gasteiger partial charge in [-0.3, -0.25) is 14.5 Å². The normalized spacial score (nSPS) is 12.2. The van der Waals surface area contributed by atoms with E-state index in [4.69, 9.17) is 0 Å². The average Bonchev–Trinajstić information content (AvgIpc) is 3.30. The number of rotatable bonds is 5. The zero-order valence-corrected chi connectivity index (χ0v) is 15.0. The van der Waals surface area contributed by atoms with E-state index in [9.17, 15) is 9.18 Å². The topological polar surface area (TPSA) is 59.3 Å². The third-order valence-electron chi connectivity index (χ3n) is 3.62. The van der Waals surface area contributed by atoms with Crippen LogP contribution < -0.4 is 5.32 Å². The second kappa shape index (κ2) is 7.27. The lowest BCUT2D eigenvalue weighted by molar-refractivity contribution is -0.118. The Balaban J connectivity index is 1.67. The molecule has 0 bridgehead atoms. The van der Waals surface area contributed by atoms with Crippen LogP contribution in [0.5, 0.6) is 0 Å². The number of aromatic nitrogens is 3. The summed E-state index contributed by atoms with van der Waals surface area (Å²) >= 11 is 2.07. The number of nitrogens with one attached hydrogen (secondary N) is 1. The third-order valence-corrected chi connectivity index (χ3v) is 5.34. The fraction of sp³-hybridized carbons (Fsp3) is 0.0556. The Kier molecular flexibility index (Phi) is 4.68. The van der Waals surface area contributed by atoms with Gasteiger partial charge in [0.25, 0.3) is 5.91 Å². The Morgan fingerprint density at radius 3 is 2.77 bits per heavy atom. The molecule has 1 atom stereocenters. The van der Waals surface area contributed by atoms with Crippen LogP contribution in [-0.2, 0) is 4.79 Å². The van der Waals surface area contributed by atoms with Crippen molar-refractivity contribution in [2.45, 2.75) is 10.5 Å². The van der Waals surface area contributed by atoms with Gasteiger partial charge in [-0.05, 0) is 12.1 Å². The number of nitrogens with zero attached hydrogens (tertiary/aromatic N) is 3. The smallest absolute Gasteiger partial charge is 0.271 e. The van der Waals surface area contributed by atoms with Gasteiger partial charge >= 0.3 is 0 Å². The number of thiazole rings is 1. The molecule has 0 radical (unpaired) electrons. The van der Waals surface area contributed by atoms with Gasteiger partial charge in [-0.15, -0.1) is 11.3 Å². The molecule has 130 valence electrons. The van der Waals surface area contributed by atoms with Gasteiger partial charge in [-0.25, -0.2) is 14.4 Å². The SMILES string of the molecule is O=C(Nc1nccs1)[C@H](F)Sc1c(-c2ccccc2)nc2ccccn12. The average molecular weight is 384 g/mol. The summed E-state index contributed by atoms with van der Waals surface area (Å²) < 4.78 is 16.4. The highest BCUT2D eigenvalue weighted by atomic mass is 32.2. The number of amides is 1. The van der Waals surface area contributed by atoms with Gasteiger partial charge in [0.15, 0.2) is 5.13 Å². The molecule has 0 saturated carbocycles. The zero-order chi connectivity index (χ0) is 17.9. The number of anilines is 1. The lowest BCUT2D eigenvalue weighted by Gasteiger charge is -2.09. The predicted octanol–water partition coefficient (Wildman–Crippen LogP) is 4.48. The maximum Gasteiger partial charge on any atom is 0.271 e. The van der Waals surface area contributed by atoms with Crippen LogP contribution in [0.4, 0.5) is 9.52 Å². The second-order valence-electron chi connectivity index (χ2n) is 5.32. The van der Waals surface area contributed by atoms with Crippen LogP contribution >= 0.6 is 23.1 Å². The Hall–Kier alpha value is -2.71. The molecule has 3 heterocycles. The minimum atomic E-state index is -1.79.